The summed E-state index contributed by atoms with van der Waals surface area (Å²) in [4.78, 5) is 0. The number of nitrogens with one attached hydrogen (secondary N) is 2. The molecule has 0 fully saturated rings. The Balaban J connectivity index is 0. The minimum Gasteiger partial charge on any atom is -0.352 e. The highest BCUT2D eigenvalue weighted by Gasteiger charge is 2.11. The van der Waals surface area contributed by atoms with Gasteiger partial charge in [0.05, 0.1) is 22.8 Å². The van der Waals surface area contributed by atoms with Crippen molar-refractivity contribution in [1.82, 2.24) is 0 Å². The molecule has 0 radical (unpaired) electrons. The molecule has 2 N–H and O–H groups in total. The van der Waals surface area contributed by atoms with E-state index < -0.39 is 0 Å². The SMILES string of the molecule is C=CC1=C(C=C)Nc2ccccc2N1.CC.[HH].[HH]. The number of para-hydroxylation sites is 2. The summed E-state index contributed by atoms with van der Waals surface area (Å²) in [5.41, 5.74) is 4.04. The molecule has 1 aliphatic rings. The van der Waals surface area contributed by atoms with Crippen molar-refractivity contribution in [3.63, 3.8) is 0 Å². The molecule has 2 nitrogen and oxygen atoms in total. The number of rotatable bonds is 2. The lowest BCUT2D eigenvalue weighted by Gasteiger charge is -2.22. The first kappa shape index (κ1) is 12.1. The number of allylic oxidation sites excluding steroid dienone is 2. The van der Waals surface area contributed by atoms with Crippen molar-refractivity contribution in [2.75, 3.05) is 10.6 Å². The highest BCUT2D eigenvalue weighted by Crippen LogP contribution is 2.29. The van der Waals surface area contributed by atoms with E-state index in [1.54, 1.807) is 12.2 Å². The molecule has 0 saturated heterocycles. The van der Waals surface area contributed by atoms with Crippen LogP contribution in [0.4, 0.5) is 11.4 Å². The lowest BCUT2D eigenvalue weighted by atomic mass is 10.1. The van der Waals surface area contributed by atoms with Gasteiger partial charge in [-0.25, -0.2) is 0 Å². The van der Waals surface area contributed by atoms with E-state index in [-0.39, 0.29) is 2.85 Å². The van der Waals surface area contributed by atoms with Gasteiger partial charge in [0.2, 0.25) is 0 Å². The minimum atomic E-state index is 0. The van der Waals surface area contributed by atoms with Crippen molar-refractivity contribution >= 4 is 11.4 Å². The van der Waals surface area contributed by atoms with Crippen LogP contribution in [-0.4, -0.2) is 0 Å². The van der Waals surface area contributed by atoms with Crippen LogP contribution >= 0.6 is 0 Å². The van der Waals surface area contributed by atoms with Gasteiger partial charge in [0.25, 0.3) is 0 Å². The fourth-order valence-corrected chi connectivity index (χ4v) is 1.45. The molecule has 1 heterocycles. The normalized spacial score (nSPS) is 12.4. The minimum absolute atomic E-state index is 0. The van der Waals surface area contributed by atoms with E-state index >= 15 is 0 Å². The van der Waals surface area contributed by atoms with Gasteiger partial charge in [0, 0.05) is 2.85 Å². The molecule has 0 saturated carbocycles. The summed E-state index contributed by atoms with van der Waals surface area (Å²) in [6.07, 6.45) is 3.56. The van der Waals surface area contributed by atoms with E-state index in [0.717, 1.165) is 22.8 Å². The van der Waals surface area contributed by atoms with Crippen molar-refractivity contribution in [3.8, 4) is 0 Å². The van der Waals surface area contributed by atoms with Crippen LogP contribution in [0.2, 0.25) is 0 Å². The summed E-state index contributed by atoms with van der Waals surface area (Å²) < 4.78 is 0. The lowest BCUT2D eigenvalue weighted by Crippen LogP contribution is -2.13. The van der Waals surface area contributed by atoms with Gasteiger partial charge >= 0.3 is 0 Å². The number of benzene rings is 1. The average molecular weight is 218 g/mol. The quantitative estimate of drug-likeness (QED) is 0.756. The topological polar surface area (TPSA) is 24.1 Å². The van der Waals surface area contributed by atoms with E-state index in [4.69, 9.17) is 0 Å². The van der Waals surface area contributed by atoms with Crippen molar-refractivity contribution in [2.45, 2.75) is 13.8 Å². The van der Waals surface area contributed by atoms with Gasteiger partial charge < -0.3 is 10.6 Å². The Labute approximate surface area is 100 Å². The molecule has 0 aliphatic carbocycles. The first-order valence-electron chi connectivity index (χ1n) is 5.47. The van der Waals surface area contributed by atoms with Crippen LogP contribution in [0, 0.1) is 0 Å². The average Bonchev–Trinajstić information content (AvgIpc) is 2.39. The van der Waals surface area contributed by atoms with Crippen LogP contribution in [0.15, 0.2) is 61.0 Å². The van der Waals surface area contributed by atoms with Crippen LogP contribution in [0.5, 0.6) is 0 Å². The van der Waals surface area contributed by atoms with Crippen LogP contribution in [0.25, 0.3) is 0 Å². The molecule has 0 unspecified atom stereocenters. The predicted octanol–water partition coefficient (Wildman–Crippen LogP) is 4.63. The Morgan fingerprint density at radius 3 is 1.62 bits per heavy atom. The fourth-order valence-electron chi connectivity index (χ4n) is 1.45. The van der Waals surface area contributed by atoms with Crippen LogP contribution < -0.4 is 10.6 Å². The molecular weight excluding hydrogens is 196 g/mol. The van der Waals surface area contributed by atoms with Crippen LogP contribution in [0.3, 0.4) is 0 Å². The molecule has 0 spiro atoms. The number of hydrogen-bond donors (Lipinski definition) is 2. The maximum absolute atomic E-state index is 3.75. The van der Waals surface area contributed by atoms with E-state index in [1.807, 2.05) is 38.1 Å². The van der Waals surface area contributed by atoms with E-state index in [0.29, 0.717) is 0 Å². The zero-order chi connectivity index (χ0) is 12.0. The number of anilines is 2. The molecule has 0 amide bonds. The van der Waals surface area contributed by atoms with Gasteiger partial charge in [-0.2, -0.15) is 0 Å². The summed E-state index contributed by atoms with van der Waals surface area (Å²) in [5, 5.41) is 6.55. The highest BCUT2D eigenvalue weighted by atomic mass is 15.0. The third-order valence-corrected chi connectivity index (χ3v) is 2.16. The van der Waals surface area contributed by atoms with Gasteiger partial charge in [-0.15, -0.1) is 0 Å². The van der Waals surface area contributed by atoms with Crippen molar-refractivity contribution in [3.05, 3.63) is 61.0 Å². The Morgan fingerprint density at radius 2 is 1.31 bits per heavy atom. The summed E-state index contributed by atoms with van der Waals surface area (Å²) in [6.45, 7) is 11.5. The maximum Gasteiger partial charge on any atom is 0.0624 e. The molecule has 1 aliphatic heterocycles. The van der Waals surface area contributed by atoms with Crippen molar-refractivity contribution in [1.29, 1.82) is 0 Å². The van der Waals surface area contributed by atoms with E-state index in [9.17, 15) is 0 Å². The molecule has 1 aromatic rings. The molecule has 16 heavy (non-hydrogen) atoms. The van der Waals surface area contributed by atoms with Gasteiger partial charge in [0.1, 0.15) is 0 Å². The number of fused-ring (bicyclic) bond motifs is 1. The van der Waals surface area contributed by atoms with Gasteiger partial charge in [0.15, 0.2) is 0 Å². The molecule has 1 aromatic carbocycles. The Hall–Kier alpha value is -1.96. The molecule has 0 atom stereocenters. The molecule has 2 rings (SSSR count). The third-order valence-electron chi connectivity index (χ3n) is 2.16. The van der Waals surface area contributed by atoms with Crippen molar-refractivity contribution < 1.29 is 2.85 Å². The third kappa shape index (κ3) is 2.34. The Bertz CT molecular complexity index is 387. The van der Waals surface area contributed by atoms with Gasteiger partial charge in [-0.3, -0.25) is 0 Å². The smallest absolute Gasteiger partial charge is 0.0624 e. The zero-order valence-corrected chi connectivity index (χ0v) is 9.88. The van der Waals surface area contributed by atoms with E-state index in [1.165, 1.54) is 0 Å². The second kappa shape index (κ2) is 5.81. The summed E-state index contributed by atoms with van der Waals surface area (Å²) >= 11 is 0. The number of hydrogen-bond acceptors (Lipinski definition) is 2. The van der Waals surface area contributed by atoms with Gasteiger partial charge in [-0.05, 0) is 24.3 Å². The highest BCUT2D eigenvalue weighted by molar-refractivity contribution is 5.77. The summed E-state index contributed by atoms with van der Waals surface area (Å²) in [5.74, 6) is 0. The molecule has 0 aromatic heterocycles. The second-order valence-corrected chi connectivity index (χ2v) is 3.03. The molecular formula is C14H22N2. The summed E-state index contributed by atoms with van der Waals surface area (Å²) in [6, 6.07) is 8.03. The Morgan fingerprint density at radius 1 is 0.938 bits per heavy atom. The molecule has 0 bridgehead atoms. The second-order valence-electron chi connectivity index (χ2n) is 3.03. The fraction of sp³-hybridized carbons (Fsp3) is 0.143. The lowest BCUT2D eigenvalue weighted by molar-refractivity contribution is 1.31. The maximum atomic E-state index is 3.75. The molecule has 88 valence electrons. The zero-order valence-electron chi connectivity index (χ0n) is 9.88. The first-order valence-corrected chi connectivity index (χ1v) is 5.47. The standard InChI is InChI=1S/C12H12N2.C2H6.2H2/c1-3-9-10(4-2)14-12-8-6-5-7-11(12)13-9;1-2;;/h3-8,13-14H,1-2H2;1-2H3;2*1H. The van der Waals surface area contributed by atoms with Gasteiger partial charge in [-0.1, -0.05) is 39.1 Å². The van der Waals surface area contributed by atoms with Crippen LogP contribution in [0.1, 0.15) is 16.7 Å². The first-order chi connectivity index (χ1) is 7.85. The monoisotopic (exact) mass is 218 g/mol. The predicted molar refractivity (Wildman–Crippen MR) is 76.7 cm³/mol. The van der Waals surface area contributed by atoms with Crippen molar-refractivity contribution in [2.24, 2.45) is 0 Å². The summed E-state index contributed by atoms with van der Waals surface area (Å²) in [7, 11) is 0. The Kier molecular flexibility index (Phi) is 4.40. The van der Waals surface area contributed by atoms with E-state index in [2.05, 4.69) is 23.8 Å². The molecule has 2 heteroatoms. The van der Waals surface area contributed by atoms with Crippen LogP contribution in [-0.2, 0) is 0 Å². The largest absolute Gasteiger partial charge is 0.352 e.